The average Bonchev–Trinajstić information content (AvgIpc) is 2.95. The van der Waals surface area contributed by atoms with Gasteiger partial charge in [0.05, 0.1) is 21.7 Å². The second-order valence-electron chi connectivity index (χ2n) is 5.95. The third-order valence-electron chi connectivity index (χ3n) is 4.19. The molecule has 7 nitrogen and oxygen atoms in total. The number of unbranched alkanes of at least 4 members (excludes halogenated alkanes) is 1. The molecule has 1 amide bonds. The highest BCUT2D eigenvalue weighted by Crippen LogP contribution is 2.26. The summed E-state index contributed by atoms with van der Waals surface area (Å²) >= 11 is 1.38. The number of primary sulfonamides is 1. The van der Waals surface area contributed by atoms with Crippen LogP contribution < -0.4 is 5.14 Å². The second-order valence-corrected chi connectivity index (χ2v) is 8.45. The van der Waals surface area contributed by atoms with Crippen LogP contribution in [0.15, 0.2) is 28.3 Å². The highest BCUT2D eigenvalue weighted by molar-refractivity contribution is 7.99. The number of aryl methyl sites for hydroxylation is 1. The van der Waals surface area contributed by atoms with Crippen molar-refractivity contribution in [1.29, 1.82) is 0 Å². The normalized spacial score (nSPS) is 11.8. The van der Waals surface area contributed by atoms with Crippen LogP contribution in [0, 0.1) is 0 Å². The maximum Gasteiger partial charge on any atom is 0.238 e. The molecule has 2 N–H and O–H groups in total. The molecule has 9 heteroatoms. The van der Waals surface area contributed by atoms with Crippen molar-refractivity contribution >= 4 is 38.7 Å². The lowest BCUT2D eigenvalue weighted by Gasteiger charge is -2.18. The van der Waals surface area contributed by atoms with E-state index in [1.54, 1.807) is 11.0 Å². The molecular weight excluding hydrogens is 372 g/mol. The highest BCUT2D eigenvalue weighted by Gasteiger charge is 2.17. The van der Waals surface area contributed by atoms with Crippen LogP contribution in [0.2, 0.25) is 0 Å². The van der Waals surface area contributed by atoms with Crippen molar-refractivity contribution < 1.29 is 13.2 Å². The minimum atomic E-state index is -3.78. The Morgan fingerprint density at radius 2 is 1.96 bits per heavy atom. The molecule has 2 aromatic rings. The zero-order valence-electron chi connectivity index (χ0n) is 15.4. The molecule has 2 rings (SSSR count). The Labute approximate surface area is 159 Å². The van der Waals surface area contributed by atoms with Crippen LogP contribution in [-0.2, 0) is 21.4 Å². The fraction of sp³-hybridized carbons (Fsp3) is 0.529. The molecule has 1 aromatic heterocycles. The molecule has 144 valence electrons. The summed E-state index contributed by atoms with van der Waals surface area (Å²) in [5.74, 6) is 0.374. The molecule has 0 bridgehead atoms. The predicted molar refractivity (Wildman–Crippen MR) is 105 cm³/mol. The summed E-state index contributed by atoms with van der Waals surface area (Å²) in [6.45, 7) is 8.15. The Morgan fingerprint density at radius 1 is 1.27 bits per heavy atom. The van der Waals surface area contributed by atoms with Crippen molar-refractivity contribution in [3.8, 4) is 0 Å². The number of amides is 1. The van der Waals surface area contributed by atoms with E-state index < -0.39 is 10.0 Å². The molecule has 0 aliphatic heterocycles. The minimum Gasteiger partial charge on any atom is -0.343 e. The largest absolute Gasteiger partial charge is 0.343 e. The summed E-state index contributed by atoms with van der Waals surface area (Å²) in [7, 11) is -3.78. The van der Waals surface area contributed by atoms with Crippen molar-refractivity contribution in [2.45, 2.75) is 50.2 Å². The molecule has 0 radical (unpaired) electrons. The van der Waals surface area contributed by atoms with Gasteiger partial charge in [-0.2, -0.15) is 0 Å². The third kappa shape index (κ3) is 4.77. The van der Waals surface area contributed by atoms with Gasteiger partial charge in [0, 0.05) is 19.6 Å². The first kappa shape index (κ1) is 20.7. The number of carbonyl (C=O) groups is 1. The third-order valence-corrected chi connectivity index (χ3v) is 6.06. The van der Waals surface area contributed by atoms with E-state index in [1.165, 1.54) is 23.9 Å². The van der Waals surface area contributed by atoms with Crippen molar-refractivity contribution in [2.75, 3.05) is 18.8 Å². The Bertz CT molecular complexity index is 874. The van der Waals surface area contributed by atoms with E-state index in [0.717, 1.165) is 30.1 Å². The van der Waals surface area contributed by atoms with Gasteiger partial charge in [-0.15, -0.1) is 0 Å². The van der Waals surface area contributed by atoms with Gasteiger partial charge in [0.2, 0.25) is 15.9 Å². The molecule has 0 unspecified atom stereocenters. The Morgan fingerprint density at radius 3 is 2.54 bits per heavy atom. The van der Waals surface area contributed by atoms with Crippen molar-refractivity contribution in [1.82, 2.24) is 14.5 Å². The van der Waals surface area contributed by atoms with E-state index in [1.807, 2.05) is 18.4 Å². The number of thioether (sulfide) groups is 1. The maximum absolute atomic E-state index is 12.3. The number of aromatic nitrogens is 2. The summed E-state index contributed by atoms with van der Waals surface area (Å²) in [6, 6.07) is 4.72. The zero-order chi connectivity index (χ0) is 19.3. The summed E-state index contributed by atoms with van der Waals surface area (Å²) in [4.78, 5) is 18.7. The second kappa shape index (κ2) is 8.88. The van der Waals surface area contributed by atoms with Crippen LogP contribution in [0.1, 0.15) is 33.6 Å². The molecule has 0 aliphatic rings. The monoisotopic (exact) mass is 398 g/mol. The molecule has 0 saturated heterocycles. The smallest absolute Gasteiger partial charge is 0.238 e. The molecule has 26 heavy (non-hydrogen) atoms. The Hall–Kier alpha value is -1.58. The van der Waals surface area contributed by atoms with E-state index in [4.69, 9.17) is 5.14 Å². The molecule has 0 fully saturated rings. The number of hydrogen-bond acceptors (Lipinski definition) is 5. The van der Waals surface area contributed by atoms with Crippen LogP contribution in [0.4, 0.5) is 0 Å². The van der Waals surface area contributed by atoms with Crippen molar-refractivity contribution in [3.05, 3.63) is 18.2 Å². The first-order chi connectivity index (χ1) is 12.3. The molecule has 0 aliphatic carbocycles. The average molecular weight is 399 g/mol. The fourth-order valence-corrected chi connectivity index (χ4v) is 4.18. The maximum atomic E-state index is 12.3. The first-order valence-electron chi connectivity index (χ1n) is 8.75. The van der Waals surface area contributed by atoms with Crippen LogP contribution in [0.3, 0.4) is 0 Å². The van der Waals surface area contributed by atoms with Crippen LogP contribution in [0.25, 0.3) is 11.0 Å². The first-order valence-corrected chi connectivity index (χ1v) is 11.3. The minimum absolute atomic E-state index is 0.0425. The van der Waals surface area contributed by atoms with Gasteiger partial charge in [-0.3, -0.25) is 4.79 Å². The van der Waals surface area contributed by atoms with E-state index in [9.17, 15) is 13.2 Å². The molecule has 0 atom stereocenters. The summed E-state index contributed by atoms with van der Waals surface area (Å²) in [5, 5.41) is 5.94. The number of benzene rings is 1. The van der Waals surface area contributed by atoms with E-state index in [2.05, 4.69) is 11.9 Å². The highest BCUT2D eigenvalue weighted by atomic mass is 32.2. The Balaban J connectivity index is 2.35. The Kier molecular flexibility index (Phi) is 7.08. The standard InChI is InChI=1S/C17H26N4O3S2/c1-4-7-10-21-15-9-8-13(26(18,23)24)11-14(15)19-17(21)25-12-16(22)20(5-2)6-3/h8-9,11H,4-7,10,12H2,1-3H3,(H2,18,23,24). The van der Waals surface area contributed by atoms with E-state index >= 15 is 0 Å². The lowest BCUT2D eigenvalue weighted by atomic mass is 10.3. The van der Waals surface area contributed by atoms with Crippen LogP contribution in [0.5, 0.6) is 0 Å². The molecule has 0 spiro atoms. The lowest BCUT2D eigenvalue weighted by Crippen LogP contribution is -2.31. The number of carbonyl (C=O) groups excluding carboxylic acids is 1. The number of hydrogen-bond donors (Lipinski definition) is 1. The topological polar surface area (TPSA) is 98.3 Å². The number of sulfonamides is 1. The molecule has 1 heterocycles. The van der Waals surface area contributed by atoms with Crippen molar-refractivity contribution in [2.24, 2.45) is 5.14 Å². The number of nitrogens with zero attached hydrogens (tertiary/aromatic N) is 3. The van der Waals surface area contributed by atoms with Gasteiger partial charge in [0.1, 0.15) is 0 Å². The van der Waals surface area contributed by atoms with Gasteiger partial charge < -0.3 is 9.47 Å². The van der Waals surface area contributed by atoms with Gasteiger partial charge in [-0.25, -0.2) is 18.5 Å². The summed E-state index contributed by atoms with van der Waals surface area (Å²) in [5.41, 5.74) is 1.43. The van der Waals surface area contributed by atoms with Gasteiger partial charge >= 0.3 is 0 Å². The molecular formula is C17H26N4O3S2. The van der Waals surface area contributed by atoms with Gasteiger partial charge in [0.15, 0.2) is 5.16 Å². The van der Waals surface area contributed by atoms with Crippen LogP contribution in [-0.4, -0.2) is 47.6 Å². The van der Waals surface area contributed by atoms with Gasteiger partial charge in [-0.05, 0) is 38.5 Å². The summed E-state index contributed by atoms with van der Waals surface area (Å²) in [6.07, 6.45) is 2.00. The molecule has 0 saturated carbocycles. The number of nitrogens with two attached hydrogens (primary N) is 1. The summed E-state index contributed by atoms with van der Waals surface area (Å²) < 4.78 is 25.2. The predicted octanol–water partition coefficient (Wildman–Crippen LogP) is 2.44. The molecule has 1 aromatic carbocycles. The van der Waals surface area contributed by atoms with Gasteiger partial charge in [0.25, 0.3) is 0 Å². The number of fused-ring (bicyclic) bond motifs is 1. The van der Waals surface area contributed by atoms with E-state index in [0.29, 0.717) is 24.4 Å². The van der Waals surface area contributed by atoms with Crippen LogP contribution >= 0.6 is 11.8 Å². The number of rotatable bonds is 9. The number of imidazole rings is 1. The lowest BCUT2D eigenvalue weighted by molar-refractivity contribution is -0.127. The quantitative estimate of drug-likeness (QED) is 0.654. The zero-order valence-corrected chi connectivity index (χ0v) is 17.1. The fourth-order valence-electron chi connectivity index (χ4n) is 2.70. The van der Waals surface area contributed by atoms with Gasteiger partial charge in [-0.1, -0.05) is 25.1 Å². The van der Waals surface area contributed by atoms with E-state index in [-0.39, 0.29) is 10.8 Å². The van der Waals surface area contributed by atoms with Crippen molar-refractivity contribution in [3.63, 3.8) is 0 Å². The SMILES string of the molecule is CCCCn1c(SCC(=O)N(CC)CC)nc2cc(S(N)(=O)=O)ccc21.